The summed E-state index contributed by atoms with van der Waals surface area (Å²) in [6, 6.07) is 12.2. The average Bonchev–Trinajstić information content (AvgIpc) is 3.62. The Bertz CT molecular complexity index is 1190. The third-order valence-electron chi connectivity index (χ3n) is 6.72. The van der Waals surface area contributed by atoms with Crippen molar-refractivity contribution < 1.29 is 13.2 Å². The molecule has 176 valence electrons. The highest BCUT2D eigenvalue weighted by molar-refractivity contribution is 7.94. The summed E-state index contributed by atoms with van der Waals surface area (Å²) in [5.74, 6) is 1.05. The van der Waals surface area contributed by atoms with Crippen LogP contribution in [0, 0.1) is 0 Å². The Kier molecular flexibility index (Phi) is 6.29. The molecule has 0 amide bonds. The Morgan fingerprint density at radius 1 is 1.18 bits per heavy atom. The number of rotatable bonds is 9. The number of nitrogens with zero attached hydrogens (tertiary/aromatic N) is 2. The average molecular weight is 488 g/mol. The fourth-order valence-corrected chi connectivity index (χ4v) is 6.57. The van der Waals surface area contributed by atoms with Crippen LogP contribution in [0.25, 0.3) is 5.57 Å². The largest absolute Gasteiger partial charge is 0.486 e. The number of allylic oxidation sites excluding steroid dienone is 1. The minimum Gasteiger partial charge on any atom is -0.486 e. The highest BCUT2D eigenvalue weighted by Gasteiger charge is 2.41. The van der Waals surface area contributed by atoms with E-state index in [1.165, 1.54) is 15.4 Å². The molecule has 0 spiro atoms. The van der Waals surface area contributed by atoms with Crippen molar-refractivity contribution in [2.45, 2.75) is 38.5 Å². The molecule has 3 aliphatic rings. The molecular formula is C25H30ClN3O3S. The number of benzene rings is 2. The second-order valence-electron chi connectivity index (χ2n) is 8.89. The number of anilines is 2. The molecule has 2 aromatic carbocycles. The molecule has 0 aliphatic carbocycles. The summed E-state index contributed by atoms with van der Waals surface area (Å²) in [7, 11) is -1.79. The van der Waals surface area contributed by atoms with Crippen molar-refractivity contribution in [2.24, 2.45) is 0 Å². The van der Waals surface area contributed by atoms with Crippen molar-refractivity contribution in [2.75, 3.05) is 41.9 Å². The molecule has 1 fully saturated rings. The Morgan fingerprint density at radius 2 is 2.00 bits per heavy atom. The van der Waals surface area contributed by atoms with E-state index in [9.17, 15) is 8.42 Å². The number of hydrogen-bond acceptors (Lipinski definition) is 4. The molecule has 0 bridgehead atoms. The van der Waals surface area contributed by atoms with E-state index in [0.29, 0.717) is 13.2 Å². The molecule has 6 nitrogen and oxygen atoms in total. The fourth-order valence-electron chi connectivity index (χ4n) is 4.85. The van der Waals surface area contributed by atoms with Crippen LogP contribution in [0.3, 0.4) is 0 Å². The van der Waals surface area contributed by atoms with E-state index < -0.39 is 10.2 Å². The molecular weight excluding hydrogens is 458 g/mol. The minimum atomic E-state index is -3.44. The van der Waals surface area contributed by atoms with Crippen LogP contribution in [0.15, 0.2) is 42.2 Å². The summed E-state index contributed by atoms with van der Waals surface area (Å²) in [6.07, 6.45) is 5.74. The van der Waals surface area contributed by atoms with Crippen LogP contribution in [0.2, 0.25) is 5.02 Å². The maximum atomic E-state index is 12.8. The molecule has 1 saturated heterocycles. The number of epoxide rings is 1. The lowest BCUT2D eigenvalue weighted by Gasteiger charge is -2.25. The van der Waals surface area contributed by atoms with Gasteiger partial charge in [-0.15, -0.1) is 0 Å². The molecule has 0 unspecified atom stereocenters. The van der Waals surface area contributed by atoms with Crippen LogP contribution in [0.5, 0.6) is 0 Å². The SMILES string of the molecule is CN1c2cc(/C(CCCCNCCc3ccccc3Cl)=C3/CO3)cc3c2N(CCC3)S1(=O)=O. The Hall–Kier alpha value is -2.22. The van der Waals surface area contributed by atoms with Gasteiger partial charge >= 0.3 is 10.2 Å². The Morgan fingerprint density at radius 3 is 2.79 bits per heavy atom. The van der Waals surface area contributed by atoms with Gasteiger partial charge in [0, 0.05) is 24.2 Å². The zero-order valence-corrected chi connectivity index (χ0v) is 20.5. The van der Waals surface area contributed by atoms with Crippen LogP contribution in [0.4, 0.5) is 11.4 Å². The van der Waals surface area contributed by atoms with E-state index >= 15 is 0 Å². The summed E-state index contributed by atoms with van der Waals surface area (Å²) in [6.45, 7) is 3.11. The van der Waals surface area contributed by atoms with Gasteiger partial charge in [-0.2, -0.15) is 8.42 Å². The van der Waals surface area contributed by atoms with Gasteiger partial charge in [0.15, 0.2) is 0 Å². The van der Waals surface area contributed by atoms with Crippen LogP contribution in [-0.2, 0) is 27.8 Å². The molecule has 0 aromatic heterocycles. The zero-order valence-electron chi connectivity index (χ0n) is 18.9. The van der Waals surface area contributed by atoms with Crippen molar-refractivity contribution in [1.82, 2.24) is 5.32 Å². The summed E-state index contributed by atoms with van der Waals surface area (Å²) >= 11 is 6.22. The lowest BCUT2D eigenvalue weighted by molar-refractivity contribution is 0.509. The molecule has 33 heavy (non-hydrogen) atoms. The molecule has 8 heteroatoms. The van der Waals surface area contributed by atoms with Gasteiger partial charge in [-0.05, 0) is 86.5 Å². The molecule has 5 rings (SSSR count). The number of nitrogens with one attached hydrogen (secondary N) is 1. The van der Waals surface area contributed by atoms with E-state index in [1.54, 1.807) is 11.4 Å². The lowest BCUT2D eigenvalue weighted by Crippen LogP contribution is -2.37. The third kappa shape index (κ3) is 4.46. The van der Waals surface area contributed by atoms with Crippen LogP contribution in [-0.4, -0.2) is 41.7 Å². The summed E-state index contributed by atoms with van der Waals surface area (Å²) < 4.78 is 34.2. The summed E-state index contributed by atoms with van der Waals surface area (Å²) in [5, 5.41) is 4.34. The topological polar surface area (TPSA) is 65.2 Å². The van der Waals surface area contributed by atoms with Gasteiger partial charge in [-0.3, -0.25) is 8.61 Å². The van der Waals surface area contributed by atoms with E-state index in [4.69, 9.17) is 16.3 Å². The van der Waals surface area contributed by atoms with Crippen LogP contribution < -0.4 is 13.9 Å². The van der Waals surface area contributed by atoms with Gasteiger partial charge in [0.2, 0.25) is 0 Å². The zero-order chi connectivity index (χ0) is 23.0. The van der Waals surface area contributed by atoms with E-state index in [1.807, 2.05) is 24.3 Å². The van der Waals surface area contributed by atoms with Crippen molar-refractivity contribution in [3.05, 3.63) is 63.9 Å². The van der Waals surface area contributed by atoms with Crippen LogP contribution in [0.1, 0.15) is 42.4 Å². The molecule has 0 atom stereocenters. The first-order valence-electron chi connectivity index (χ1n) is 11.7. The highest BCUT2D eigenvalue weighted by Crippen LogP contribution is 2.47. The normalized spacial score (nSPS) is 19.3. The highest BCUT2D eigenvalue weighted by atomic mass is 35.5. The van der Waals surface area contributed by atoms with Crippen LogP contribution >= 0.6 is 11.6 Å². The second-order valence-corrected chi connectivity index (χ2v) is 11.2. The number of unbranched alkanes of at least 4 members (excludes halogenated alkanes) is 1. The maximum absolute atomic E-state index is 12.8. The Labute approximate surface area is 201 Å². The minimum absolute atomic E-state index is 0.562. The first-order valence-corrected chi connectivity index (χ1v) is 13.5. The van der Waals surface area contributed by atoms with Gasteiger partial charge in [0.05, 0.1) is 11.4 Å². The van der Waals surface area contributed by atoms with Gasteiger partial charge in [-0.25, -0.2) is 0 Å². The van der Waals surface area contributed by atoms with E-state index in [0.717, 1.165) is 84.9 Å². The number of hydrogen-bond donors (Lipinski definition) is 1. The van der Waals surface area contributed by atoms with Crippen molar-refractivity contribution >= 4 is 38.8 Å². The van der Waals surface area contributed by atoms with Crippen molar-refractivity contribution in [3.63, 3.8) is 0 Å². The van der Waals surface area contributed by atoms with Gasteiger partial charge in [0.25, 0.3) is 0 Å². The molecule has 3 heterocycles. The van der Waals surface area contributed by atoms with Crippen molar-refractivity contribution in [3.8, 4) is 0 Å². The smallest absolute Gasteiger partial charge is 0.326 e. The molecule has 1 N–H and O–H groups in total. The van der Waals surface area contributed by atoms with E-state index in [2.05, 4.69) is 17.4 Å². The van der Waals surface area contributed by atoms with E-state index in [-0.39, 0.29) is 0 Å². The second kappa shape index (κ2) is 9.20. The first kappa shape index (κ1) is 22.6. The molecule has 0 saturated carbocycles. The first-order chi connectivity index (χ1) is 16.0. The fraction of sp³-hybridized carbons (Fsp3) is 0.440. The number of halogens is 1. The van der Waals surface area contributed by atoms with Crippen molar-refractivity contribution in [1.29, 1.82) is 0 Å². The van der Waals surface area contributed by atoms with Gasteiger partial charge < -0.3 is 10.1 Å². The number of aryl methyl sites for hydroxylation is 1. The summed E-state index contributed by atoms with van der Waals surface area (Å²) in [5.41, 5.74) is 6.30. The predicted molar refractivity (Wildman–Crippen MR) is 134 cm³/mol. The monoisotopic (exact) mass is 487 g/mol. The van der Waals surface area contributed by atoms with Gasteiger partial charge in [0.1, 0.15) is 12.4 Å². The molecule has 0 radical (unpaired) electrons. The maximum Gasteiger partial charge on any atom is 0.326 e. The third-order valence-corrected chi connectivity index (χ3v) is 8.90. The lowest BCUT2D eigenvalue weighted by atomic mass is 9.93. The number of ether oxygens (including phenoxy) is 1. The van der Waals surface area contributed by atoms with Gasteiger partial charge in [-0.1, -0.05) is 29.8 Å². The summed E-state index contributed by atoms with van der Waals surface area (Å²) in [4.78, 5) is 0. The molecule has 2 aromatic rings. The standard InChI is InChI=1S/C25H30ClN3O3S/c1-28-23-16-20(15-19-8-6-14-29(25(19)23)33(28,30)31)21(24-17-32-24)9-4-5-12-27-13-11-18-7-2-3-10-22(18)26/h2-3,7,10,15-16,27H,4-6,8-9,11-14,17H2,1H3/b24-21-. The quantitative estimate of drug-likeness (QED) is 0.417. The predicted octanol–water partition coefficient (Wildman–Crippen LogP) is 4.53. The molecule has 3 aliphatic heterocycles. The Balaban J connectivity index is 1.20.